The largest absolute Gasteiger partial charge is 0.478 e. The highest BCUT2D eigenvalue weighted by Crippen LogP contribution is 2.22. The lowest BCUT2D eigenvalue weighted by Gasteiger charge is -2.13. The van der Waals surface area contributed by atoms with Gasteiger partial charge in [0, 0.05) is 19.3 Å². The molecule has 2 N–H and O–H groups in total. The number of hydrogen-bond acceptors (Lipinski definition) is 4. The first-order valence-corrected chi connectivity index (χ1v) is 6.25. The molecular formula is C12H16ClN3O2. The summed E-state index contributed by atoms with van der Waals surface area (Å²) in [5, 5.41) is 12.3. The number of carbonyl (C=O) groups is 1. The van der Waals surface area contributed by atoms with Crippen LogP contribution >= 0.6 is 11.6 Å². The summed E-state index contributed by atoms with van der Waals surface area (Å²) in [7, 11) is 2.10. The summed E-state index contributed by atoms with van der Waals surface area (Å²) in [6.45, 7) is 2.99. The van der Waals surface area contributed by atoms with Crippen LogP contribution < -0.4 is 5.32 Å². The normalized spacial score (nSPS) is 20.0. The number of anilines is 1. The fourth-order valence-corrected chi connectivity index (χ4v) is 2.35. The van der Waals surface area contributed by atoms with Crippen molar-refractivity contribution in [1.29, 1.82) is 0 Å². The van der Waals surface area contributed by atoms with E-state index in [9.17, 15) is 4.79 Å². The van der Waals surface area contributed by atoms with Crippen molar-refractivity contribution in [3.63, 3.8) is 0 Å². The SMILES string of the molecule is CN1CCC(CNc2ncc(C(=O)O)cc2Cl)C1. The topological polar surface area (TPSA) is 65.5 Å². The number of pyridine rings is 1. The predicted octanol–water partition coefficient (Wildman–Crippen LogP) is 1.80. The number of nitrogens with one attached hydrogen (secondary N) is 1. The van der Waals surface area contributed by atoms with E-state index in [2.05, 4.69) is 22.2 Å². The van der Waals surface area contributed by atoms with Crippen molar-refractivity contribution in [3.8, 4) is 0 Å². The van der Waals surface area contributed by atoms with Gasteiger partial charge in [0.25, 0.3) is 0 Å². The number of likely N-dealkylation sites (tertiary alicyclic amines) is 1. The molecule has 1 aliphatic heterocycles. The van der Waals surface area contributed by atoms with Crippen LogP contribution in [0.3, 0.4) is 0 Å². The zero-order valence-corrected chi connectivity index (χ0v) is 10.9. The Morgan fingerprint density at radius 1 is 1.72 bits per heavy atom. The molecule has 0 spiro atoms. The fourth-order valence-electron chi connectivity index (χ4n) is 2.12. The molecule has 0 aromatic carbocycles. The van der Waals surface area contributed by atoms with E-state index in [4.69, 9.17) is 16.7 Å². The Bertz CT molecular complexity index is 453. The van der Waals surface area contributed by atoms with Crippen molar-refractivity contribution in [1.82, 2.24) is 9.88 Å². The van der Waals surface area contributed by atoms with Gasteiger partial charge in [0.15, 0.2) is 0 Å². The van der Waals surface area contributed by atoms with Crippen LogP contribution in [0.5, 0.6) is 0 Å². The van der Waals surface area contributed by atoms with Gasteiger partial charge in [-0.2, -0.15) is 0 Å². The van der Waals surface area contributed by atoms with E-state index in [1.807, 2.05) is 0 Å². The average Bonchev–Trinajstić information content (AvgIpc) is 2.73. The third-order valence-corrected chi connectivity index (χ3v) is 3.42. The van der Waals surface area contributed by atoms with E-state index in [-0.39, 0.29) is 5.56 Å². The Hall–Kier alpha value is -1.33. The Balaban J connectivity index is 1.95. The van der Waals surface area contributed by atoms with Gasteiger partial charge >= 0.3 is 5.97 Å². The van der Waals surface area contributed by atoms with Crippen molar-refractivity contribution in [2.45, 2.75) is 6.42 Å². The van der Waals surface area contributed by atoms with E-state index in [1.54, 1.807) is 0 Å². The van der Waals surface area contributed by atoms with Crippen LogP contribution in [0.2, 0.25) is 5.02 Å². The Kier molecular flexibility index (Phi) is 4.04. The van der Waals surface area contributed by atoms with Gasteiger partial charge in [-0.25, -0.2) is 9.78 Å². The summed E-state index contributed by atoms with van der Waals surface area (Å²) >= 11 is 5.99. The van der Waals surface area contributed by atoms with Crippen LogP contribution in [0.25, 0.3) is 0 Å². The summed E-state index contributed by atoms with van der Waals surface area (Å²) < 4.78 is 0. The lowest BCUT2D eigenvalue weighted by Crippen LogP contribution is -2.19. The van der Waals surface area contributed by atoms with Gasteiger partial charge in [0.05, 0.1) is 10.6 Å². The molecule has 2 heterocycles. The molecule has 6 heteroatoms. The average molecular weight is 270 g/mol. The molecule has 1 saturated heterocycles. The first-order valence-electron chi connectivity index (χ1n) is 5.87. The van der Waals surface area contributed by atoms with E-state index in [0.717, 1.165) is 26.1 Å². The number of nitrogens with zero attached hydrogens (tertiary/aromatic N) is 2. The molecule has 0 saturated carbocycles. The van der Waals surface area contributed by atoms with Crippen molar-refractivity contribution >= 4 is 23.4 Å². The third-order valence-electron chi connectivity index (χ3n) is 3.14. The molecule has 0 aliphatic carbocycles. The van der Waals surface area contributed by atoms with Gasteiger partial charge in [-0.15, -0.1) is 0 Å². The molecule has 1 fully saturated rings. The number of hydrogen-bond donors (Lipinski definition) is 2. The molecule has 0 radical (unpaired) electrons. The predicted molar refractivity (Wildman–Crippen MR) is 70.3 cm³/mol. The van der Waals surface area contributed by atoms with Crippen LogP contribution in [-0.4, -0.2) is 47.6 Å². The lowest BCUT2D eigenvalue weighted by molar-refractivity contribution is 0.0696. The quantitative estimate of drug-likeness (QED) is 0.873. The number of halogens is 1. The number of aromatic carboxylic acids is 1. The summed E-state index contributed by atoms with van der Waals surface area (Å²) in [5.41, 5.74) is 0.103. The maximum absolute atomic E-state index is 10.7. The number of carboxylic acids is 1. The zero-order valence-electron chi connectivity index (χ0n) is 10.2. The molecule has 1 unspecified atom stereocenters. The zero-order chi connectivity index (χ0) is 13.1. The second-order valence-corrected chi connectivity index (χ2v) is 5.06. The van der Waals surface area contributed by atoms with E-state index < -0.39 is 5.97 Å². The molecule has 0 amide bonds. The minimum absolute atomic E-state index is 0.103. The van der Waals surface area contributed by atoms with Gasteiger partial charge in [0.2, 0.25) is 0 Å². The molecule has 5 nitrogen and oxygen atoms in total. The summed E-state index contributed by atoms with van der Waals surface area (Å²) in [4.78, 5) is 17.1. The summed E-state index contributed by atoms with van der Waals surface area (Å²) in [5.74, 6) is 0.122. The molecule has 1 aromatic heterocycles. The molecule has 98 valence electrons. The van der Waals surface area contributed by atoms with Crippen LogP contribution in [0.15, 0.2) is 12.3 Å². The Labute approximate surface area is 111 Å². The lowest BCUT2D eigenvalue weighted by atomic mass is 10.1. The minimum Gasteiger partial charge on any atom is -0.478 e. The summed E-state index contributed by atoms with van der Waals surface area (Å²) in [6.07, 6.45) is 2.48. The molecule has 18 heavy (non-hydrogen) atoms. The number of carboxylic acid groups (broad SMARTS) is 1. The minimum atomic E-state index is -1.02. The van der Waals surface area contributed by atoms with Gasteiger partial charge < -0.3 is 15.3 Å². The molecule has 1 aromatic rings. The van der Waals surface area contributed by atoms with E-state index >= 15 is 0 Å². The highest BCUT2D eigenvalue weighted by molar-refractivity contribution is 6.33. The standard InChI is InChI=1S/C12H16ClN3O2/c1-16-3-2-8(7-16)5-14-11-10(13)4-9(6-15-11)12(17)18/h4,6,8H,2-3,5,7H2,1H3,(H,14,15)(H,17,18). The van der Waals surface area contributed by atoms with Crippen LogP contribution in [0, 0.1) is 5.92 Å². The van der Waals surface area contributed by atoms with Crippen molar-refractivity contribution in [3.05, 3.63) is 22.8 Å². The number of rotatable bonds is 4. The monoisotopic (exact) mass is 269 g/mol. The summed E-state index contributed by atoms with van der Waals surface area (Å²) in [6, 6.07) is 1.42. The number of aromatic nitrogens is 1. The molecule has 0 bridgehead atoms. The van der Waals surface area contributed by atoms with Gasteiger partial charge in [0.1, 0.15) is 5.82 Å². The van der Waals surface area contributed by atoms with Crippen molar-refractivity contribution in [2.75, 3.05) is 32.0 Å². The molecule has 1 atom stereocenters. The van der Waals surface area contributed by atoms with E-state index in [1.165, 1.54) is 12.3 Å². The van der Waals surface area contributed by atoms with Crippen molar-refractivity contribution in [2.24, 2.45) is 5.92 Å². The maximum Gasteiger partial charge on any atom is 0.337 e. The molecular weight excluding hydrogens is 254 g/mol. The fraction of sp³-hybridized carbons (Fsp3) is 0.500. The second-order valence-electron chi connectivity index (χ2n) is 4.66. The van der Waals surface area contributed by atoms with Gasteiger partial charge in [-0.05, 0) is 32.0 Å². The van der Waals surface area contributed by atoms with Crippen LogP contribution in [0.1, 0.15) is 16.8 Å². The highest BCUT2D eigenvalue weighted by Gasteiger charge is 2.19. The Morgan fingerprint density at radius 2 is 2.50 bits per heavy atom. The first-order chi connectivity index (χ1) is 8.56. The first kappa shape index (κ1) is 13.1. The van der Waals surface area contributed by atoms with E-state index in [0.29, 0.717) is 16.8 Å². The van der Waals surface area contributed by atoms with Crippen molar-refractivity contribution < 1.29 is 9.90 Å². The van der Waals surface area contributed by atoms with Crippen LogP contribution in [0.4, 0.5) is 5.82 Å². The van der Waals surface area contributed by atoms with Gasteiger partial charge in [-0.3, -0.25) is 0 Å². The second kappa shape index (κ2) is 5.54. The molecule has 1 aliphatic rings. The van der Waals surface area contributed by atoms with Gasteiger partial charge in [-0.1, -0.05) is 11.6 Å². The Morgan fingerprint density at radius 3 is 3.06 bits per heavy atom. The van der Waals surface area contributed by atoms with Crippen LogP contribution in [-0.2, 0) is 0 Å². The highest BCUT2D eigenvalue weighted by atomic mass is 35.5. The smallest absolute Gasteiger partial charge is 0.337 e. The maximum atomic E-state index is 10.7. The molecule has 2 rings (SSSR count). The third kappa shape index (κ3) is 3.11.